The summed E-state index contributed by atoms with van der Waals surface area (Å²) in [6.45, 7) is 5.81. The first-order valence-corrected chi connectivity index (χ1v) is 14.5. The summed E-state index contributed by atoms with van der Waals surface area (Å²) in [5, 5.41) is 5.91. The Balaban J connectivity index is 1.18. The number of ether oxygens (including phenoxy) is 2. The summed E-state index contributed by atoms with van der Waals surface area (Å²) < 4.78 is 10.8. The van der Waals surface area contributed by atoms with Crippen LogP contribution < -0.4 is 25.0 Å². The van der Waals surface area contributed by atoms with E-state index in [1.54, 1.807) is 29.2 Å². The normalized spacial score (nSPS) is 16.3. The second kappa shape index (κ2) is 12.0. The lowest BCUT2D eigenvalue weighted by atomic mass is 10.1. The number of likely N-dealkylation sites (tertiary alicyclic amines) is 1. The van der Waals surface area contributed by atoms with Crippen molar-refractivity contribution in [3.8, 4) is 11.5 Å². The van der Waals surface area contributed by atoms with Gasteiger partial charge in [-0.05, 0) is 74.7 Å². The van der Waals surface area contributed by atoms with Gasteiger partial charge in [-0.2, -0.15) is 0 Å². The van der Waals surface area contributed by atoms with E-state index in [9.17, 15) is 14.4 Å². The van der Waals surface area contributed by atoms with Crippen molar-refractivity contribution in [2.24, 2.45) is 0 Å². The van der Waals surface area contributed by atoms with Crippen molar-refractivity contribution in [1.82, 2.24) is 9.80 Å². The molecule has 3 aromatic carbocycles. The van der Waals surface area contributed by atoms with Crippen LogP contribution in [0.25, 0.3) is 0 Å². The third-order valence-corrected chi connectivity index (χ3v) is 7.97. The average Bonchev–Trinajstić information content (AvgIpc) is 3.50. The molecule has 3 aromatic rings. The molecule has 3 aliphatic heterocycles. The summed E-state index contributed by atoms with van der Waals surface area (Å²) in [7, 11) is 0. The molecule has 3 aliphatic rings. The number of benzene rings is 3. The number of rotatable bonds is 5. The molecular weight excluding hydrogens is 534 g/mol. The topological polar surface area (TPSA) is 103 Å². The molecule has 42 heavy (non-hydrogen) atoms. The maximum atomic E-state index is 13.8. The first-order chi connectivity index (χ1) is 20.4. The van der Waals surface area contributed by atoms with E-state index in [0.29, 0.717) is 54.5 Å². The molecule has 0 unspecified atom stereocenters. The number of carbonyl (C=O) groups excluding carboxylic acids is 3. The van der Waals surface area contributed by atoms with Crippen molar-refractivity contribution in [1.29, 1.82) is 0 Å². The van der Waals surface area contributed by atoms with Gasteiger partial charge in [0.25, 0.3) is 11.8 Å². The highest BCUT2D eigenvalue weighted by atomic mass is 16.7. The van der Waals surface area contributed by atoms with Crippen LogP contribution in [0.5, 0.6) is 11.5 Å². The van der Waals surface area contributed by atoms with Crippen LogP contribution in [0.15, 0.2) is 60.7 Å². The fourth-order valence-electron chi connectivity index (χ4n) is 5.56. The Morgan fingerprint density at radius 3 is 2.17 bits per heavy atom. The van der Waals surface area contributed by atoms with Gasteiger partial charge in [0.05, 0.1) is 5.56 Å². The number of aryl methyl sites for hydroxylation is 1. The Morgan fingerprint density at radius 2 is 1.40 bits per heavy atom. The molecule has 4 amide bonds. The van der Waals surface area contributed by atoms with Crippen LogP contribution in [0.4, 0.5) is 21.9 Å². The predicted molar refractivity (Wildman–Crippen MR) is 161 cm³/mol. The van der Waals surface area contributed by atoms with E-state index in [-0.39, 0.29) is 24.6 Å². The van der Waals surface area contributed by atoms with E-state index >= 15 is 0 Å². The SMILES string of the molecule is Cc1ccc(NC(=O)N2CCN(c3ccc(NC(=O)c4ccc5c(c4)OCO5)cc3C(=O)N3CCCCC3)CC2)cc1. The number of fused-ring (bicyclic) bond motifs is 1. The van der Waals surface area contributed by atoms with E-state index in [0.717, 1.165) is 49.3 Å². The molecule has 6 rings (SSSR count). The van der Waals surface area contributed by atoms with Crippen LogP contribution in [0.1, 0.15) is 45.5 Å². The quantitative estimate of drug-likeness (QED) is 0.451. The average molecular weight is 570 g/mol. The summed E-state index contributed by atoms with van der Waals surface area (Å²) >= 11 is 0. The first kappa shape index (κ1) is 27.4. The molecule has 2 N–H and O–H groups in total. The van der Waals surface area contributed by atoms with Crippen molar-refractivity contribution >= 4 is 34.9 Å². The summed E-state index contributed by atoms with van der Waals surface area (Å²) in [6.07, 6.45) is 3.08. The summed E-state index contributed by atoms with van der Waals surface area (Å²) in [5.41, 5.74) is 4.24. The maximum Gasteiger partial charge on any atom is 0.321 e. The van der Waals surface area contributed by atoms with Crippen LogP contribution >= 0.6 is 0 Å². The largest absolute Gasteiger partial charge is 0.454 e. The van der Waals surface area contributed by atoms with Gasteiger partial charge in [-0.1, -0.05) is 17.7 Å². The van der Waals surface area contributed by atoms with E-state index in [4.69, 9.17) is 9.47 Å². The standard InChI is InChI=1S/C32H35N5O5/c1-22-5-8-24(9-6-22)34-32(40)37-17-15-35(16-18-37)27-11-10-25(20-26(27)31(39)36-13-3-2-4-14-36)33-30(38)23-7-12-28-29(19-23)42-21-41-28/h5-12,19-20H,2-4,13-18,21H2,1H3,(H,33,38)(H,34,40). The Morgan fingerprint density at radius 1 is 0.690 bits per heavy atom. The number of nitrogens with zero attached hydrogens (tertiary/aromatic N) is 3. The zero-order valence-electron chi connectivity index (χ0n) is 23.7. The van der Waals surface area contributed by atoms with Gasteiger partial charge in [0.15, 0.2) is 11.5 Å². The number of piperazine rings is 1. The lowest BCUT2D eigenvalue weighted by Gasteiger charge is -2.37. The molecular formula is C32H35N5O5. The van der Waals surface area contributed by atoms with Gasteiger partial charge in [0.1, 0.15) is 0 Å². The summed E-state index contributed by atoms with van der Waals surface area (Å²) in [4.78, 5) is 45.6. The number of anilines is 3. The molecule has 0 spiro atoms. The molecule has 10 heteroatoms. The van der Waals surface area contributed by atoms with Crippen molar-refractivity contribution in [3.05, 3.63) is 77.4 Å². The van der Waals surface area contributed by atoms with Crippen molar-refractivity contribution < 1.29 is 23.9 Å². The van der Waals surface area contributed by atoms with Gasteiger partial charge in [-0.3, -0.25) is 9.59 Å². The van der Waals surface area contributed by atoms with Crippen molar-refractivity contribution in [3.63, 3.8) is 0 Å². The highest BCUT2D eigenvalue weighted by molar-refractivity contribution is 6.06. The van der Waals surface area contributed by atoms with Crippen molar-refractivity contribution in [2.75, 3.05) is 61.6 Å². The maximum absolute atomic E-state index is 13.8. The minimum absolute atomic E-state index is 0.0385. The van der Waals surface area contributed by atoms with Crippen LogP contribution in [0.3, 0.4) is 0 Å². The number of carbonyl (C=O) groups is 3. The molecule has 3 heterocycles. The van der Waals surface area contributed by atoms with E-state index in [1.165, 1.54) is 0 Å². The third kappa shape index (κ3) is 5.97. The Bertz CT molecular complexity index is 1480. The number of piperidine rings is 1. The smallest absolute Gasteiger partial charge is 0.321 e. The minimum Gasteiger partial charge on any atom is -0.454 e. The van der Waals surface area contributed by atoms with Crippen LogP contribution in [0, 0.1) is 6.92 Å². The fourth-order valence-corrected chi connectivity index (χ4v) is 5.56. The van der Waals surface area contributed by atoms with E-state index in [1.807, 2.05) is 48.2 Å². The van der Waals surface area contributed by atoms with E-state index in [2.05, 4.69) is 15.5 Å². The zero-order valence-corrected chi connectivity index (χ0v) is 23.7. The molecule has 0 aromatic heterocycles. The van der Waals surface area contributed by atoms with Gasteiger partial charge in [-0.25, -0.2) is 4.79 Å². The fraction of sp³-hybridized carbons (Fsp3) is 0.344. The van der Waals surface area contributed by atoms with Crippen molar-refractivity contribution in [2.45, 2.75) is 26.2 Å². The number of hydrogen-bond acceptors (Lipinski definition) is 6. The zero-order chi connectivity index (χ0) is 29.1. The van der Waals surface area contributed by atoms with Gasteiger partial charge in [0.2, 0.25) is 6.79 Å². The van der Waals surface area contributed by atoms with Crippen LogP contribution in [-0.4, -0.2) is 73.7 Å². The lowest BCUT2D eigenvalue weighted by molar-refractivity contribution is 0.0724. The molecule has 0 aliphatic carbocycles. The minimum atomic E-state index is -0.300. The third-order valence-electron chi connectivity index (χ3n) is 7.97. The highest BCUT2D eigenvalue weighted by Crippen LogP contribution is 2.33. The molecule has 0 atom stereocenters. The Hall–Kier alpha value is -4.73. The molecule has 218 valence electrons. The van der Waals surface area contributed by atoms with Gasteiger partial charge < -0.3 is 34.8 Å². The van der Waals surface area contributed by atoms with Gasteiger partial charge in [-0.15, -0.1) is 0 Å². The van der Waals surface area contributed by atoms with Gasteiger partial charge >= 0.3 is 6.03 Å². The second-order valence-corrected chi connectivity index (χ2v) is 10.9. The Kier molecular flexibility index (Phi) is 7.85. The molecule has 2 fully saturated rings. The number of amides is 4. The number of urea groups is 1. The van der Waals surface area contributed by atoms with E-state index < -0.39 is 0 Å². The van der Waals surface area contributed by atoms with Crippen LogP contribution in [0.2, 0.25) is 0 Å². The first-order valence-electron chi connectivity index (χ1n) is 14.5. The molecule has 0 bridgehead atoms. The van der Waals surface area contributed by atoms with Crippen LogP contribution in [-0.2, 0) is 0 Å². The molecule has 0 radical (unpaired) electrons. The Labute approximate surface area is 245 Å². The monoisotopic (exact) mass is 569 g/mol. The lowest BCUT2D eigenvalue weighted by Crippen LogP contribution is -2.50. The number of hydrogen-bond donors (Lipinski definition) is 2. The molecule has 0 saturated carbocycles. The predicted octanol–water partition coefficient (Wildman–Crippen LogP) is 4.96. The summed E-state index contributed by atoms with van der Waals surface area (Å²) in [5.74, 6) is 0.803. The summed E-state index contributed by atoms with van der Waals surface area (Å²) in [6, 6.07) is 18.1. The number of nitrogens with one attached hydrogen (secondary N) is 2. The van der Waals surface area contributed by atoms with Gasteiger partial charge in [0, 0.05) is 61.9 Å². The molecule has 10 nitrogen and oxygen atoms in total. The molecule has 2 saturated heterocycles. The highest BCUT2D eigenvalue weighted by Gasteiger charge is 2.27. The second-order valence-electron chi connectivity index (χ2n) is 10.9.